The minimum atomic E-state index is 0.693. The van der Waals surface area contributed by atoms with Gasteiger partial charge >= 0.3 is 0 Å². The number of nitrogens with one attached hydrogen (secondary N) is 2. The van der Waals surface area contributed by atoms with E-state index in [4.69, 9.17) is 4.74 Å². The Morgan fingerprint density at radius 3 is 3.00 bits per heavy atom. The molecule has 2 aromatic heterocycles. The van der Waals surface area contributed by atoms with E-state index in [1.807, 2.05) is 20.2 Å². The van der Waals surface area contributed by atoms with Crippen LogP contribution in [-0.4, -0.2) is 21.9 Å². The van der Waals surface area contributed by atoms with Crippen LogP contribution in [0, 0.1) is 6.92 Å². The standard InChI is InChI=1S/C15H18N4O/c1-10-13(15(20-3)19(2)18-10)9-17-12-4-5-14-11(8-12)6-7-16-14/h4-8,16-17H,9H2,1-3H3. The van der Waals surface area contributed by atoms with Gasteiger partial charge in [-0.2, -0.15) is 5.10 Å². The van der Waals surface area contributed by atoms with Crippen molar-refractivity contribution in [1.29, 1.82) is 0 Å². The van der Waals surface area contributed by atoms with Crippen molar-refractivity contribution >= 4 is 16.6 Å². The van der Waals surface area contributed by atoms with E-state index in [1.54, 1.807) is 11.8 Å². The monoisotopic (exact) mass is 270 g/mol. The van der Waals surface area contributed by atoms with E-state index in [0.29, 0.717) is 6.54 Å². The Kier molecular flexibility index (Phi) is 3.10. The molecular formula is C15H18N4O. The highest BCUT2D eigenvalue weighted by Crippen LogP contribution is 2.23. The van der Waals surface area contributed by atoms with Crippen molar-refractivity contribution in [3.63, 3.8) is 0 Å². The number of ether oxygens (including phenoxy) is 1. The summed E-state index contributed by atoms with van der Waals surface area (Å²) in [4.78, 5) is 3.19. The second-order valence-electron chi connectivity index (χ2n) is 4.83. The molecule has 0 aliphatic heterocycles. The average Bonchev–Trinajstić information content (AvgIpc) is 2.99. The summed E-state index contributed by atoms with van der Waals surface area (Å²) in [7, 11) is 3.56. The zero-order valence-electron chi connectivity index (χ0n) is 11.9. The smallest absolute Gasteiger partial charge is 0.216 e. The topological polar surface area (TPSA) is 54.9 Å². The fourth-order valence-electron chi connectivity index (χ4n) is 2.49. The van der Waals surface area contributed by atoms with Crippen LogP contribution in [0.1, 0.15) is 11.3 Å². The maximum atomic E-state index is 5.40. The zero-order chi connectivity index (χ0) is 14.1. The van der Waals surface area contributed by atoms with Gasteiger partial charge in [0.1, 0.15) is 0 Å². The molecular weight excluding hydrogens is 252 g/mol. The lowest BCUT2D eigenvalue weighted by Crippen LogP contribution is -2.02. The number of methoxy groups -OCH3 is 1. The van der Waals surface area contributed by atoms with Crippen molar-refractivity contribution < 1.29 is 4.74 Å². The summed E-state index contributed by atoms with van der Waals surface area (Å²) >= 11 is 0. The molecule has 0 unspecified atom stereocenters. The van der Waals surface area contributed by atoms with E-state index >= 15 is 0 Å². The molecule has 0 radical (unpaired) electrons. The van der Waals surface area contributed by atoms with Crippen molar-refractivity contribution in [1.82, 2.24) is 14.8 Å². The number of hydrogen-bond acceptors (Lipinski definition) is 3. The van der Waals surface area contributed by atoms with Gasteiger partial charge in [0.15, 0.2) is 0 Å². The zero-order valence-corrected chi connectivity index (χ0v) is 11.9. The quantitative estimate of drug-likeness (QED) is 0.766. The number of aromatic amines is 1. The Morgan fingerprint density at radius 1 is 1.35 bits per heavy atom. The van der Waals surface area contributed by atoms with Gasteiger partial charge in [0.05, 0.1) is 18.4 Å². The van der Waals surface area contributed by atoms with Crippen LogP contribution in [0.25, 0.3) is 10.9 Å². The third kappa shape index (κ3) is 2.11. The average molecular weight is 270 g/mol. The van der Waals surface area contributed by atoms with Gasteiger partial charge in [0.2, 0.25) is 5.88 Å². The second-order valence-corrected chi connectivity index (χ2v) is 4.83. The predicted octanol–water partition coefficient (Wildman–Crippen LogP) is 2.83. The molecule has 0 bridgehead atoms. The largest absolute Gasteiger partial charge is 0.481 e. The summed E-state index contributed by atoms with van der Waals surface area (Å²) in [6.45, 7) is 2.69. The van der Waals surface area contributed by atoms with Crippen molar-refractivity contribution in [2.75, 3.05) is 12.4 Å². The van der Waals surface area contributed by atoms with Crippen molar-refractivity contribution in [3.05, 3.63) is 41.7 Å². The summed E-state index contributed by atoms with van der Waals surface area (Å²) in [5.74, 6) is 0.803. The number of nitrogens with zero attached hydrogens (tertiary/aromatic N) is 2. The van der Waals surface area contributed by atoms with E-state index < -0.39 is 0 Å². The predicted molar refractivity (Wildman–Crippen MR) is 80.1 cm³/mol. The van der Waals surface area contributed by atoms with Crippen molar-refractivity contribution in [2.24, 2.45) is 7.05 Å². The third-order valence-electron chi connectivity index (χ3n) is 3.50. The van der Waals surface area contributed by atoms with Crippen LogP contribution < -0.4 is 10.1 Å². The highest BCUT2D eigenvalue weighted by atomic mass is 16.5. The Morgan fingerprint density at radius 2 is 2.20 bits per heavy atom. The summed E-state index contributed by atoms with van der Waals surface area (Å²) in [6, 6.07) is 8.34. The number of aromatic nitrogens is 3. The fourth-order valence-corrected chi connectivity index (χ4v) is 2.49. The van der Waals surface area contributed by atoms with Crippen LogP contribution in [-0.2, 0) is 13.6 Å². The van der Waals surface area contributed by atoms with Gasteiger partial charge in [0.25, 0.3) is 0 Å². The Balaban J connectivity index is 1.82. The second kappa shape index (κ2) is 4.92. The highest BCUT2D eigenvalue weighted by molar-refractivity contribution is 5.82. The van der Waals surface area contributed by atoms with E-state index in [0.717, 1.165) is 28.3 Å². The van der Waals surface area contributed by atoms with Gasteiger partial charge in [-0.05, 0) is 31.2 Å². The van der Waals surface area contributed by atoms with Crippen LogP contribution in [0.2, 0.25) is 0 Å². The van der Waals surface area contributed by atoms with Crippen LogP contribution in [0.4, 0.5) is 5.69 Å². The molecule has 20 heavy (non-hydrogen) atoms. The van der Waals surface area contributed by atoms with Crippen LogP contribution in [0.3, 0.4) is 0 Å². The molecule has 1 aromatic carbocycles. The van der Waals surface area contributed by atoms with E-state index in [1.165, 1.54) is 5.39 Å². The molecule has 0 saturated heterocycles. The van der Waals surface area contributed by atoms with Gasteiger partial charge in [-0.25, -0.2) is 4.68 Å². The number of fused-ring (bicyclic) bond motifs is 1. The third-order valence-corrected chi connectivity index (χ3v) is 3.50. The molecule has 2 N–H and O–H groups in total. The minimum absolute atomic E-state index is 0.693. The van der Waals surface area contributed by atoms with Gasteiger partial charge < -0.3 is 15.0 Å². The van der Waals surface area contributed by atoms with E-state index in [2.05, 4.69) is 39.7 Å². The lowest BCUT2D eigenvalue weighted by atomic mass is 10.2. The number of H-pyrrole nitrogens is 1. The van der Waals surface area contributed by atoms with Gasteiger partial charge in [-0.15, -0.1) is 0 Å². The Labute approximate surface area is 117 Å². The maximum Gasteiger partial charge on any atom is 0.216 e. The SMILES string of the molecule is COc1c(CNc2ccc3[nH]ccc3c2)c(C)nn1C. The normalized spacial score (nSPS) is 10.9. The fraction of sp³-hybridized carbons (Fsp3) is 0.267. The molecule has 0 aliphatic carbocycles. The summed E-state index contributed by atoms with van der Waals surface area (Å²) in [6.07, 6.45) is 1.95. The molecule has 5 nitrogen and oxygen atoms in total. The number of aryl methyl sites for hydroxylation is 2. The van der Waals surface area contributed by atoms with Gasteiger partial charge in [-0.3, -0.25) is 0 Å². The molecule has 5 heteroatoms. The minimum Gasteiger partial charge on any atom is -0.481 e. The van der Waals surface area contributed by atoms with Crippen LogP contribution in [0.5, 0.6) is 5.88 Å². The lowest BCUT2D eigenvalue weighted by Gasteiger charge is -2.08. The number of hydrogen-bond donors (Lipinski definition) is 2. The van der Waals surface area contributed by atoms with Gasteiger partial charge in [0, 0.05) is 36.4 Å². The molecule has 0 aliphatic rings. The Bertz CT molecular complexity index is 741. The maximum absolute atomic E-state index is 5.40. The number of anilines is 1. The molecule has 3 aromatic rings. The molecule has 104 valence electrons. The first-order chi connectivity index (χ1) is 9.69. The van der Waals surface area contributed by atoms with Crippen LogP contribution >= 0.6 is 0 Å². The van der Waals surface area contributed by atoms with Gasteiger partial charge in [-0.1, -0.05) is 0 Å². The van der Waals surface area contributed by atoms with E-state index in [9.17, 15) is 0 Å². The lowest BCUT2D eigenvalue weighted by molar-refractivity contribution is 0.370. The Hall–Kier alpha value is -2.43. The first kappa shape index (κ1) is 12.6. The van der Waals surface area contributed by atoms with Crippen LogP contribution in [0.15, 0.2) is 30.5 Å². The summed E-state index contributed by atoms with van der Waals surface area (Å²) < 4.78 is 7.16. The highest BCUT2D eigenvalue weighted by Gasteiger charge is 2.13. The first-order valence-electron chi connectivity index (χ1n) is 6.56. The summed E-state index contributed by atoms with van der Waals surface area (Å²) in [5, 5.41) is 9.01. The molecule has 0 atom stereocenters. The van der Waals surface area contributed by atoms with Crippen molar-refractivity contribution in [3.8, 4) is 5.88 Å². The summed E-state index contributed by atoms with van der Waals surface area (Å²) in [5.41, 5.74) is 4.30. The molecule has 3 rings (SSSR count). The molecule has 2 heterocycles. The molecule has 0 saturated carbocycles. The number of rotatable bonds is 4. The van der Waals surface area contributed by atoms with Crippen molar-refractivity contribution in [2.45, 2.75) is 13.5 Å². The first-order valence-corrected chi connectivity index (χ1v) is 6.56. The molecule has 0 amide bonds. The molecule has 0 spiro atoms. The molecule has 0 fully saturated rings. The van der Waals surface area contributed by atoms with E-state index in [-0.39, 0.29) is 0 Å². The number of benzene rings is 1.